The number of hydrogen-bond donors (Lipinski definition) is 2. The van der Waals surface area contributed by atoms with E-state index in [-0.39, 0.29) is 10.6 Å². The van der Waals surface area contributed by atoms with Gasteiger partial charge in [-0.05, 0) is 37.5 Å². The van der Waals surface area contributed by atoms with Crippen LogP contribution in [0.2, 0.25) is 0 Å². The van der Waals surface area contributed by atoms with Crippen molar-refractivity contribution in [1.29, 1.82) is 0 Å². The number of pyridine rings is 1. The molecule has 0 atom stereocenters. The number of sulfonamides is 1. The zero-order valence-corrected chi connectivity index (χ0v) is 13.6. The van der Waals surface area contributed by atoms with Crippen molar-refractivity contribution < 1.29 is 13.2 Å². The Morgan fingerprint density at radius 2 is 2.09 bits per heavy atom. The number of nitrogens with one attached hydrogen (secondary N) is 2. The first-order valence-electron chi connectivity index (χ1n) is 7.40. The van der Waals surface area contributed by atoms with Gasteiger partial charge in [-0.2, -0.15) is 4.31 Å². The number of aryl methyl sites for hydroxylation is 1. The van der Waals surface area contributed by atoms with E-state index in [0.29, 0.717) is 18.9 Å². The van der Waals surface area contributed by atoms with E-state index >= 15 is 0 Å². The van der Waals surface area contributed by atoms with Crippen LogP contribution in [0.1, 0.15) is 28.9 Å². The number of hydrogen-bond acceptors (Lipinski definition) is 4. The van der Waals surface area contributed by atoms with Crippen LogP contribution >= 0.6 is 0 Å². The van der Waals surface area contributed by atoms with Crippen molar-refractivity contribution in [2.75, 3.05) is 18.4 Å². The summed E-state index contributed by atoms with van der Waals surface area (Å²) in [5, 5.41) is 2.67. The van der Waals surface area contributed by atoms with E-state index in [1.165, 1.54) is 16.6 Å². The third-order valence-electron chi connectivity index (χ3n) is 3.85. The van der Waals surface area contributed by atoms with Crippen molar-refractivity contribution in [3.63, 3.8) is 0 Å². The number of amides is 1. The summed E-state index contributed by atoms with van der Waals surface area (Å²) in [6, 6.07) is 4.97. The number of rotatable bonds is 4. The first-order chi connectivity index (χ1) is 11.0. The van der Waals surface area contributed by atoms with E-state index in [1.54, 1.807) is 12.3 Å². The van der Waals surface area contributed by atoms with E-state index in [2.05, 4.69) is 15.3 Å². The van der Waals surface area contributed by atoms with Crippen molar-refractivity contribution in [1.82, 2.24) is 14.3 Å². The highest BCUT2D eigenvalue weighted by atomic mass is 32.2. The molecule has 1 saturated heterocycles. The predicted molar refractivity (Wildman–Crippen MR) is 85.7 cm³/mol. The average molecular weight is 334 g/mol. The Bertz CT molecular complexity index is 823. The number of nitrogens with zero attached hydrogens (tertiary/aromatic N) is 2. The third kappa shape index (κ3) is 3.13. The molecule has 1 aliphatic heterocycles. The number of carbonyl (C=O) groups excluding carboxylic acids is 1. The highest BCUT2D eigenvalue weighted by Gasteiger charge is 2.28. The fourth-order valence-electron chi connectivity index (χ4n) is 2.52. The summed E-state index contributed by atoms with van der Waals surface area (Å²) in [5.74, 6) is 0.0331. The molecule has 3 heterocycles. The number of aromatic amines is 1. The van der Waals surface area contributed by atoms with Gasteiger partial charge in [0.2, 0.25) is 10.0 Å². The quantitative estimate of drug-likeness (QED) is 0.890. The van der Waals surface area contributed by atoms with E-state index in [1.807, 2.05) is 13.0 Å². The molecule has 3 rings (SSSR count). The Morgan fingerprint density at radius 1 is 1.35 bits per heavy atom. The minimum Gasteiger partial charge on any atom is -0.356 e. The van der Waals surface area contributed by atoms with Crippen LogP contribution in [0, 0.1) is 6.92 Å². The molecule has 1 aliphatic rings. The molecular formula is C15H18N4O3S. The molecule has 1 amide bonds. The molecular weight excluding hydrogens is 316 g/mol. The lowest BCUT2D eigenvalue weighted by Gasteiger charge is -2.13. The molecule has 0 aromatic carbocycles. The Hall–Kier alpha value is -2.19. The number of anilines is 1. The first kappa shape index (κ1) is 15.7. The van der Waals surface area contributed by atoms with Gasteiger partial charge in [0.1, 0.15) is 16.4 Å². The van der Waals surface area contributed by atoms with Gasteiger partial charge in [-0.1, -0.05) is 6.07 Å². The average Bonchev–Trinajstić information content (AvgIpc) is 3.21. The monoisotopic (exact) mass is 334 g/mol. The van der Waals surface area contributed by atoms with E-state index in [0.717, 1.165) is 18.4 Å². The fourth-order valence-corrected chi connectivity index (χ4v) is 4.04. The summed E-state index contributed by atoms with van der Waals surface area (Å²) in [4.78, 5) is 19.2. The molecule has 0 bridgehead atoms. The van der Waals surface area contributed by atoms with Gasteiger partial charge in [0.05, 0.1) is 0 Å². The molecule has 2 N–H and O–H groups in total. The van der Waals surface area contributed by atoms with E-state index < -0.39 is 15.9 Å². The molecule has 7 nitrogen and oxygen atoms in total. The topological polar surface area (TPSA) is 95.2 Å². The van der Waals surface area contributed by atoms with E-state index in [9.17, 15) is 13.2 Å². The number of aromatic nitrogens is 2. The molecule has 0 radical (unpaired) electrons. The van der Waals surface area contributed by atoms with Crippen LogP contribution in [0.5, 0.6) is 0 Å². The van der Waals surface area contributed by atoms with Crippen LogP contribution in [0.4, 0.5) is 5.82 Å². The summed E-state index contributed by atoms with van der Waals surface area (Å²) < 4.78 is 26.3. The normalized spacial score (nSPS) is 15.7. The van der Waals surface area contributed by atoms with Crippen LogP contribution in [-0.4, -0.2) is 41.7 Å². The molecule has 122 valence electrons. The molecule has 0 unspecified atom stereocenters. The fraction of sp³-hybridized carbons (Fsp3) is 0.333. The molecule has 23 heavy (non-hydrogen) atoms. The van der Waals surface area contributed by atoms with Crippen molar-refractivity contribution in [3.05, 3.63) is 41.9 Å². The Morgan fingerprint density at radius 3 is 2.78 bits per heavy atom. The van der Waals surface area contributed by atoms with Gasteiger partial charge in [0.15, 0.2) is 0 Å². The molecule has 2 aromatic rings. The highest BCUT2D eigenvalue weighted by molar-refractivity contribution is 7.89. The summed E-state index contributed by atoms with van der Waals surface area (Å²) in [5.41, 5.74) is 1.02. The Balaban J connectivity index is 1.79. The molecule has 8 heteroatoms. The largest absolute Gasteiger partial charge is 0.356 e. The Kier molecular flexibility index (Phi) is 4.18. The first-order valence-corrected chi connectivity index (χ1v) is 8.84. The second-order valence-electron chi connectivity index (χ2n) is 5.48. The van der Waals surface area contributed by atoms with Gasteiger partial charge in [-0.15, -0.1) is 0 Å². The van der Waals surface area contributed by atoms with Gasteiger partial charge in [0.25, 0.3) is 5.91 Å². The second-order valence-corrected chi connectivity index (χ2v) is 7.42. The van der Waals surface area contributed by atoms with Gasteiger partial charge in [-0.3, -0.25) is 4.79 Å². The summed E-state index contributed by atoms with van der Waals surface area (Å²) in [6.07, 6.45) is 4.68. The van der Waals surface area contributed by atoms with Crippen molar-refractivity contribution in [2.24, 2.45) is 0 Å². The van der Waals surface area contributed by atoms with Crippen molar-refractivity contribution in [3.8, 4) is 0 Å². The summed E-state index contributed by atoms with van der Waals surface area (Å²) in [6.45, 7) is 2.89. The van der Waals surface area contributed by atoms with Gasteiger partial charge in [0, 0.05) is 25.5 Å². The number of H-pyrrole nitrogens is 1. The lowest BCUT2D eigenvalue weighted by Crippen LogP contribution is -2.27. The lowest BCUT2D eigenvalue weighted by molar-refractivity contribution is 0.102. The maximum Gasteiger partial charge on any atom is 0.273 e. The number of carbonyl (C=O) groups is 1. The second kappa shape index (κ2) is 6.13. The van der Waals surface area contributed by atoms with Gasteiger partial charge < -0.3 is 10.3 Å². The van der Waals surface area contributed by atoms with Gasteiger partial charge in [-0.25, -0.2) is 13.4 Å². The van der Waals surface area contributed by atoms with Crippen LogP contribution < -0.4 is 5.32 Å². The molecule has 0 saturated carbocycles. The molecule has 2 aromatic heterocycles. The maximum atomic E-state index is 12.4. The molecule has 0 aliphatic carbocycles. The van der Waals surface area contributed by atoms with Crippen LogP contribution in [0.3, 0.4) is 0 Å². The Labute approximate surface area is 134 Å². The van der Waals surface area contributed by atoms with Crippen LogP contribution in [0.25, 0.3) is 0 Å². The summed E-state index contributed by atoms with van der Waals surface area (Å²) >= 11 is 0. The SMILES string of the molecule is Cc1cccnc1NC(=O)c1cc(S(=O)(=O)N2CCCC2)c[nH]1. The van der Waals surface area contributed by atoms with Crippen molar-refractivity contribution in [2.45, 2.75) is 24.7 Å². The third-order valence-corrected chi connectivity index (χ3v) is 5.72. The highest BCUT2D eigenvalue weighted by Crippen LogP contribution is 2.21. The van der Waals surface area contributed by atoms with Crippen molar-refractivity contribution >= 4 is 21.7 Å². The minimum atomic E-state index is -3.53. The van der Waals surface area contributed by atoms with Gasteiger partial charge >= 0.3 is 0 Å². The van der Waals surface area contributed by atoms with Crippen LogP contribution in [-0.2, 0) is 10.0 Å². The smallest absolute Gasteiger partial charge is 0.273 e. The minimum absolute atomic E-state index is 0.113. The van der Waals surface area contributed by atoms with Crippen LogP contribution in [0.15, 0.2) is 35.5 Å². The lowest BCUT2D eigenvalue weighted by atomic mass is 10.3. The maximum absolute atomic E-state index is 12.4. The molecule has 1 fully saturated rings. The molecule has 0 spiro atoms. The zero-order valence-electron chi connectivity index (χ0n) is 12.7. The summed E-state index contributed by atoms with van der Waals surface area (Å²) in [7, 11) is -3.53. The predicted octanol–water partition coefficient (Wildman–Crippen LogP) is 1.75. The zero-order chi connectivity index (χ0) is 16.4. The van der Waals surface area contributed by atoms with E-state index in [4.69, 9.17) is 0 Å². The standard InChI is InChI=1S/C15H18N4O3S/c1-11-5-4-6-16-14(11)18-15(20)13-9-12(10-17-13)23(21,22)19-7-2-3-8-19/h4-6,9-10,17H,2-3,7-8H2,1H3,(H,16,18,20).